The molecule has 2 rings (SSSR count). The summed E-state index contributed by atoms with van der Waals surface area (Å²) in [5.74, 6) is 0.494. The third-order valence-electron chi connectivity index (χ3n) is 4.02. The second-order valence-corrected chi connectivity index (χ2v) is 6.46. The van der Waals surface area contributed by atoms with Crippen molar-refractivity contribution in [1.82, 2.24) is 5.32 Å². The number of unbranched alkanes of at least 4 members (excludes halogenated alkanes) is 1. The average molecular weight is 383 g/mol. The molecule has 0 aliphatic heterocycles. The van der Waals surface area contributed by atoms with Crippen LogP contribution in [0.1, 0.15) is 43.5 Å². The summed E-state index contributed by atoms with van der Waals surface area (Å²) in [6.45, 7) is 5.58. The molecule has 150 valence electrons. The van der Waals surface area contributed by atoms with E-state index in [1.807, 2.05) is 31.2 Å². The van der Waals surface area contributed by atoms with Gasteiger partial charge >= 0.3 is 0 Å². The SMILES string of the molecule is CCCCOc1ccc(NCC(=O)Nc2cccc(C(=O)NCCC)c2)cc1. The third kappa shape index (κ3) is 7.31. The predicted molar refractivity (Wildman–Crippen MR) is 113 cm³/mol. The van der Waals surface area contributed by atoms with Gasteiger partial charge in [-0.3, -0.25) is 9.59 Å². The Bertz CT molecular complexity index is 760. The van der Waals surface area contributed by atoms with Crippen molar-refractivity contribution in [2.75, 3.05) is 30.3 Å². The smallest absolute Gasteiger partial charge is 0.251 e. The van der Waals surface area contributed by atoms with Gasteiger partial charge in [0.25, 0.3) is 5.91 Å². The molecule has 0 aliphatic rings. The first-order valence-corrected chi connectivity index (χ1v) is 9.77. The highest BCUT2D eigenvalue weighted by Gasteiger charge is 2.07. The van der Waals surface area contributed by atoms with Crippen molar-refractivity contribution in [3.8, 4) is 5.75 Å². The zero-order valence-corrected chi connectivity index (χ0v) is 16.6. The molecule has 0 spiro atoms. The summed E-state index contributed by atoms with van der Waals surface area (Å²) in [5, 5.41) is 8.70. The van der Waals surface area contributed by atoms with Gasteiger partial charge < -0.3 is 20.7 Å². The molecule has 3 N–H and O–H groups in total. The number of rotatable bonds is 11. The molecule has 0 heterocycles. The zero-order chi connectivity index (χ0) is 20.2. The summed E-state index contributed by atoms with van der Waals surface area (Å²) in [4.78, 5) is 24.2. The highest BCUT2D eigenvalue weighted by molar-refractivity contribution is 5.98. The first-order chi connectivity index (χ1) is 13.6. The van der Waals surface area contributed by atoms with Gasteiger partial charge in [0.2, 0.25) is 5.91 Å². The summed E-state index contributed by atoms with van der Waals surface area (Å²) in [7, 11) is 0. The van der Waals surface area contributed by atoms with Crippen LogP contribution in [0.15, 0.2) is 48.5 Å². The quantitative estimate of drug-likeness (QED) is 0.511. The van der Waals surface area contributed by atoms with Crippen LogP contribution in [-0.2, 0) is 4.79 Å². The Kier molecular flexibility index (Phi) is 8.85. The fourth-order valence-corrected chi connectivity index (χ4v) is 2.47. The Morgan fingerprint density at radius 1 is 0.964 bits per heavy atom. The van der Waals surface area contributed by atoms with E-state index in [4.69, 9.17) is 4.74 Å². The Hall–Kier alpha value is -3.02. The number of hydrogen-bond donors (Lipinski definition) is 3. The molecular formula is C22H29N3O3. The highest BCUT2D eigenvalue weighted by Crippen LogP contribution is 2.16. The number of anilines is 2. The van der Waals surface area contributed by atoms with Crippen molar-refractivity contribution < 1.29 is 14.3 Å². The first kappa shape index (κ1) is 21.3. The molecule has 0 atom stereocenters. The first-order valence-electron chi connectivity index (χ1n) is 9.77. The molecule has 2 aromatic rings. The van der Waals surface area contributed by atoms with Crippen LogP contribution in [0.4, 0.5) is 11.4 Å². The summed E-state index contributed by atoms with van der Waals surface area (Å²) >= 11 is 0. The van der Waals surface area contributed by atoms with Gasteiger partial charge in [0, 0.05) is 23.5 Å². The van der Waals surface area contributed by atoms with Crippen LogP contribution in [0.5, 0.6) is 5.75 Å². The number of amides is 2. The van der Waals surface area contributed by atoms with Crippen molar-refractivity contribution in [2.45, 2.75) is 33.1 Å². The van der Waals surface area contributed by atoms with Crippen LogP contribution in [0.25, 0.3) is 0 Å². The number of ether oxygens (including phenoxy) is 1. The molecule has 0 unspecified atom stereocenters. The van der Waals surface area contributed by atoms with Gasteiger partial charge in [-0.2, -0.15) is 0 Å². The molecule has 2 aromatic carbocycles. The normalized spacial score (nSPS) is 10.2. The molecule has 0 radical (unpaired) electrons. The van der Waals surface area contributed by atoms with Gasteiger partial charge in [0.15, 0.2) is 0 Å². The molecule has 0 saturated carbocycles. The predicted octanol–water partition coefficient (Wildman–Crippen LogP) is 4.06. The fourth-order valence-electron chi connectivity index (χ4n) is 2.47. The Morgan fingerprint density at radius 3 is 2.46 bits per heavy atom. The molecular weight excluding hydrogens is 354 g/mol. The topological polar surface area (TPSA) is 79.5 Å². The Morgan fingerprint density at radius 2 is 1.75 bits per heavy atom. The fraction of sp³-hybridized carbons (Fsp3) is 0.364. The number of carbonyl (C=O) groups excluding carboxylic acids is 2. The van der Waals surface area contributed by atoms with E-state index in [2.05, 4.69) is 22.9 Å². The molecule has 6 nitrogen and oxygen atoms in total. The van der Waals surface area contributed by atoms with Gasteiger partial charge in [-0.25, -0.2) is 0 Å². The van der Waals surface area contributed by atoms with Crippen LogP contribution >= 0.6 is 0 Å². The van der Waals surface area contributed by atoms with Crippen LogP contribution in [0.3, 0.4) is 0 Å². The lowest BCUT2D eigenvalue weighted by atomic mass is 10.2. The molecule has 0 saturated heterocycles. The number of hydrogen-bond acceptors (Lipinski definition) is 4. The minimum atomic E-state index is -0.186. The summed E-state index contributed by atoms with van der Waals surface area (Å²) < 4.78 is 5.62. The maximum atomic E-state index is 12.2. The van der Waals surface area contributed by atoms with Crippen molar-refractivity contribution in [3.05, 3.63) is 54.1 Å². The Labute approximate surface area is 166 Å². The molecule has 6 heteroatoms. The molecule has 0 bridgehead atoms. The van der Waals surface area contributed by atoms with Crippen molar-refractivity contribution in [2.24, 2.45) is 0 Å². The average Bonchev–Trinajstić information content (AvgIpc) is 2.72. The summed E-state index contributed by atoms with van der Waals surface area (Å²) in [6, 6.07) is 14.4. The largest absolute Gasteiger partial charge is 0.494 e. The van der Waals surface area contributed by atoms with Crippen LogP contribution in [0, 0.1) is 0 Å². The molecule has 0 fully saturated rings. The van der Waals surface area contributed by atoms with E-state index in [1.165, 1.54) is 0 Å². The van der Waals surface area contributed by atoms with Gasteiger partial charge in [-0.1, -0.05) is 26.3 Å². The van der Waals surface area contributed by atoms with Gasteiger partial charge in [0.1, 0.15) is 5.75 Å². The molecule has 2 amide bonds. The van der Waals surface area contributed by atoms with E-state index in [0.29, 0.717) is 24.4 Å². The lowest BCUT2D eigenvalue weighted by molar-refractivity contribution is -0.114. The maximum Gasteiger partial charge on any atom is 0.251 e. The van der Waals surface area contributed by atoms with Crippen LogP contribution in [-0.4, -0.2) is 31.5 Å². The van der Waals surface area contributed by atoms with Crippen LogP contribution in [0.2, 0.25) is 0 Å². The second-order valence-electron chi connectivity index (χ2n) is 6.46. The van der Waals surface area contributed by atoms with Crippen molar-refractivity contribution in [1.29, 1.82) is 0 Å². The van der Waals surface area contributed by atoms with Gasteiger partial charge in [-0.15, -0.1) is 0 Å². The minimum absolute atomic E-state index is 0.127. The van der Waals surface area contributed by atoms with E-state index in [-0.39, 0.29) is 18.4 Å². The minimum Gasteiger partial charge on any atom is -0.494 e. The number of nitrogens with one attached hydrogen (secondary N) is 3. The van der Waals surface area contributed by atoms with E-state index < -0.39 is 0 Å². The molecule has 0 aliphatic carbocycles. The van der Waals surface area contributed by atoms with Crippen molar-refractivity contribution in [3.63, 3.8) is 0 Å². The lowest BCUT2D eigenvalue weighted by Gasteiger charge is -2.10. The summed E-state index contributed by atoms with van der Waals surface area (Å²) in [6.07, 6.45) is 3.00. The standard InChI is InChI=1S/C22H29N3O3/c1-3-5-14-28-20-11-9-18(10-12-20)24-16-21(26)25-19-8-6-7-17(15-19)22(27)23-13-4-2/h6-12,15,24H,3-5,13-14,16H2,1-2H3,(H,23,27)(H,25,26). The molecule has 28 heavy (non-hydrogen) atoms. The van der Waals surface area contributed by atoms with E-state index in [0.717, 1.165) is 30.7 Å². The monoisotopic (exact) mass is 383 g/mol. The summed E-state index contributed by atoms with van der Waals surface area (Å²) in [5.41, 5.74) is 1.96. The second kappa shape index (κ2) is 11.6. The van der Waals surface area contributed by atoms with E-state index in [9.17, 15) is 9.59 Å². The van der Waals surface area contributed by atoms with Crippen LogP contribution < -0.4 is 20.7 Å². The zero-order valence-electron chi connectivity index (χ0n) is 16.6. The third-order valence-corrected chi connectivity index (χ3v) is 4.02. The number of benzene rings is 2. The molecule has 0 aromatic heterocycles. The lowest BCUT2D eigenvalue weighted by Crippen LogP contribution is -2.24. The van der Waals surface area contributed by atoms with Crippen molar-refractivity contribution >= 4 is 23.2 Å². The highest BCUT2D eigenvalue weighted by atomic mass is 16.5. The maximum absolute atomic E-state index is 12.2. The van der Waals surface area contributed by atoms with E-state index >= 15 is 0 Å². The van der Waals surface area contributed by atoms with Gasteiger partial charge in [0.05, 0.1) is 13.2 Å². The van der Waals surface area contributed by atoms with E-state index in [1.54, 1.807) is 24.3 Å². The Balaban J connectivity index is 1.81. The number of carbonyl (C=O) groups is 2. The van der Waals surface area contributed by atoms with Gasteiger partial charge in [-0.05, 0) is 55.3 Å².